The fourth-order valence-corrected chi connectivity index (χ4v) is 4.40. The number of urea groups is 1. The van der Waals surface area contributed by atoms with Crippen LogP contribution in [0.25, 0.3) is 0 Å². The van der Waals surface area contributed by atoms with Gasteiger partial charge >= 0.3 is 6.03 Å². The Labute approximate surface area is 181 Å². The van der Waals surface area contributed by atoms with Crippen molar-refractivity contribution in [1.82, 2.24) is 15.8 Å². The Morgan fingerprint density at radius 1 is 1.16 bits per heavy atom. The second-order valence-corrected chi connectivity index (χ2v) is 7.72. The van der Waals surface area contributed by atoms with Gasteiger partial charge in [0.05, 0.1) is 19.3 Å². The summed E-state index contributed by atoms with van der Waals surface area (Å²) < 4.78 is 5.48. The number of ether oxygens (including phenoxy) is 1. The molecule has 1 fully saturated rings. The first-order valence-electron chi connectivity index (χ1n) is 10.4. The summed E-state index contributed by atoms with van der Waals surface area (Å²) in [5.74, 6) is -0.229. The first-order chi connectivity index (χ1) is 15.0. The minimum atomic E-state index is -1.19. The molecule has 2 N–H and O–H groups in total. The van der Waals surface area contributed by atoms with Crippen molar-refractivity contribution in [3.63, 3.8) is 0 Å². The molecular weight excluding hydrogens is 396 g/mol. The van der Waals surface area contributed by atoms with Crippen LogP contribution in [0.5, 0.6) is 5.75 Å². The summed E-state index contributed by atoms with van der Waals surface area (Å²) in [6.07, 6.45) is 2.18. The number of anilines is 1. The van der Waals surface area contributed by atoms with Crippen LogP contribution in [0.15, 0.2) is 48.5 Å². The second kappa shape index (κ2) is 8.29. The van der Waals surface area contributed by atoms with E-state index in [1.165, 1.54) is 0 Å². The third-order valence-corrected chi connectivity index (χ3v) is 5.95. The molecule has 2 aromatic carbocycles. The van der Waals surface area contributed by atoms with Crippen LogP contribution in [0.2, 0.25) is 0 Å². The van der Waals surface area contributed by atoms with E-state index in [4.69, 9.17) is 4.74 Å². The molecule has 0 saturated carbocycles. The first kappa shape index (κ1) is 20.7. The van der Waals surface area contributed by atoms with Gasteiger partial charge in [0.1, 0.15) is 11.3 Å². The summed E-state index contributed by atoms with van der Waals surface area (Å²) in [7, 11) is 1.60. The van der Waals surface area contributed by atoms with Gasteiger partial charge in [-0.05, 0) is 36.5 Å². The van der Waals surface area contributed by atoms with Crippen LogP contribution in [0.4, 0.5) is 10.5 Å². The Morgan fingerprint density at radius 3 is 2.65 bits per heavy atom. The normalized spacial score (nSPS) is 20.3. The number of rotatable bonds is 6. The van der Waals surface area contributed by atoms with Gasteiger partial charge in [0.25, 0.3) is 11.8 Å². The first-order valence-corrected chi connectivity index (χ1v) is 10.4. The van der Waals surface area contributed by atoms with Gasteiger partial charge in [0.2, 0.25) is 0 Å². The molecule has 0 aliphatic carbocycles. The Balaban J connectivity index is 1.52. The maximum absolute atomic E-state index is 13.2. The van der Waals surface area contributed by atoms with Crippen molar-refractivity contribution in [3.05, 3.63) is 59.7 Å². The molecule has 31 heavy (non-hydrogen) atoms. The van der Waals surface area contributed by atoms with Crippen LogP contribution >= 0.6 is 0 Å². The van der Waals surface area contributed by atoms with E-state index in [2.05, 4.69) is 10.7 Å². The predicted molar refractivity (Wildman–Crippen MR) is 115 cm³/mol. The maximum atomic E-state index is 13.2. The smallest absolute Gasteiger partial charge is 0.344 e. The third-order valence-electron chi connectivity index (χ3n) is 5.95. The average Bonchev–Trinajstić information content (AvgIpc) is 3.04. The fraction of sp³-hybridized carbons (Fsp3) is 0.348. The Bertz CT molecular complexity index is 996. The number of hydrogen-bond acceptors (Lipinski definition) is 5. The minimum absolute atomic E-state index is 0.00882. The molecule has 1 saturated heterocycles. The second-order valence-electron chi connectivity index (χ2n) is 7.72. The zero-order valence-electron chi connectivity index (χ0n) is 17.7. The summed E-state index contributed by atoms with van der Waals surface area (Å²) in [5.41, 5.74) is 4.00. The molecule has 1 atom stereocenters. The number of nitrogens with zero attached hydrogens (tertiary/aromatic N) is 2. The van der Waals surface area contributed by atoms with Gasteiger partial charge in [-0.25, -0.2) is 4.79 Å². The molecule has 8 heteroatoms. The predicted octanol–water partition coefficient (Wildman–Crippen LogP) is 2.34. The molecule has 2 aliphatic heterocycles. The number of hydrazine groups is 1. The lowest BCUT2D eigenvalue weighted by Gasteiger charge is -2.32. The van der Waals surface area contributed by atoms with Gasteiger partial charge in [0.15, 0.2) is 0 Å². The van der Waals surface area contributed by atoms with Gasteiger partial charge in [-0.2, -0.15) is 5.01 Å². The maximum Gasteiger partial charge on any atom is 0.344 e. The summed E-state index contributed by atoms with van der Waals surface area (Å²) in [5, 5.41) is 3.56. The average molecular weight is 422 g/mol. The lowest BCUT2D eigenvalue weighted by molar-refractivity contribution is -0.139. The van der Waals surface area contributed by atoms with Crippen molar-refractivity contribution < 1.29 is 19.1 Å². The monoisotopic (exact) mass is 422 g/mol. The molecule has 4 rings (SSSR count). The van der Waals surface area contributed by atoms with E-state index in [0.29, 0.717) is 24.3 Å². The van der Waals surface area contributed by atoms with Crippen LogP contribution in [-0.2, 0) is 21.5 Å². The largest absolute Gasteiger partial charge is 0.495 e. The highest BCUT2D eigenvalue weighted by Crippen LogP contribution is 2.36. The highest BCUT2D eigenvalue weighted by atomic mass is 16.5. The molecule has 4 amide bonds. The van der Waals surface area contributed by atoms with E-state index in [1.807, 2.05) is 48.2 Å². The van der Waals surface area contributed by atoms with E-state index in [-0.39, 0.29) is 6.54 Å². The molecule has 2 heterocycles. The molecule has 2 aromatic rings. The van der Waals surface area contributed by atoms with Crippen molar-refractivity contribution >= 4 is 23.5 Å². The number of fused-ring (bicyclic) bond motifs is 1. The molecule has 0 spiro atoms. The number of imide groups is 1. The topological polar surface area (TPSA) is 91.0 Å². The number of carbonyl (C=O) groups is 3. The number of para-hydroxylation sites is 1. The van der Waals surface area contributed by atoms with Gasteiger partial charge in [-0.1, -0.05) is 49.4 Å². The highest BCUT2D eigenvalue weighted by molar-refractivity contribution is 6.08. The lowest BCUT2D eigenvalue weighted by Crippen LogP contribution is -2.51. The molecule has 0 bridgehead atoms. The van der Waals surface area contributed by atoms with E-state index in [1.54, 1.807) is 19.2 Å². The van der Waals surface area contributed by atoms with E-state index < -0.39 is 23.4 Å². The van der Waals surface area contributed by atoms with Gasteiger partial charge < -0.3 is 15.0 Å². The van der Waals surface area contributed by atoms with Crippen LogP contribution in [-0.4, -0.2) is 43.1 Å². The number of benzene rings is 2. The summed E-state index contributed by atoms with van der Waals surface area (Å²) in [6.45, 7) is 2.52. The van der Waals surface area contributed by atoms with Gasteiger partial charge in [0, 0.05) is 6.54 Å². The van der Waals surface area contributed by atoms with E-state index in [9.17, 15) is 14.4 Å². The molecule has 0 aromatic heterocycles. The minimum Gasteiger partial charge on any atom is -0.495 e. The summed E-state index contributed by atoms with van der Waals surface area (Å²) in [4.78, 5) is 40.6. The molecule has 1 unspecified atom stereocenters. The van der Waals surface area contributed by atoms with Crippen LogP contribution in [0, 0.1) is 0 Å². The Morgan fingerprint density at radius 2 is 1.94 bits per heavy atom. The van der Waals surface area contributed by atoms with Gasteiger partial charge in [-0.15, -0.1) is 0 Å². The number of carbonyl (C=O) groups excluding carboxylic acids is 3. The number of hydrogen-bond donors (Lipinski definition) is 2. The summed E-state index contributed by atoms with van der Waals surface area (Å²) >= 11 is 0. The zero-order chi connectivity index (χ0) is 22.0. The van der Waals surface area contributed by atoms with Crippen molar-refractivity contribution in [2.24, 2.45) is 0 Å². The molecule has 0 radical (unpaired) electrons. The number of nitrogens with one attached hydrogen (secondary N) is 2. The summed E-state index contributed by atoms with van der Waals surface area (Å²) in [6, 6.07) is 14.2. The number of aryl methyl sites for hydroxylation is 1. The van der Waals surface area contributed by atoms with Crippen molar-refractivity contribution in [2.45, 2.75) is 31.7 Å². The SMILES string of the molecule is CCC1(c2ccccc2)NC(=O)N(NC(=O)CN2CCCc3cccc(OC)c32)C1=O. The standard InChI is InChI=1S/C23H26N4O4/c1-3-23(17-11-5-4-6-12-17)21(29)27(22(30)24-23)25-19(28)15-26-14-8-10-16-9-7-13-18(31-2)20(16)26/h4-7,9,11-13H,3,8,10,14-15H2,1-2H3,(H,24,30)(H,25,28). The van der Waals surface area contributed by atoms with Gasteiger partial charge in [-0.3, -0.25) is 15.0 Å². The zero-order valence-corrected chi connectivity index (χ0v) is 17.7. The fourth-order valence-electron chi connectivity index (χ4n) is 4.40. The molecule has 8 nitrogen and oxygen atoms in total. The molecule has 2 aliphatic rings. The molecule has 162 valence electrons. The number of methoxy groups -OCH3 is 1. The van der Waals surface area contributed by atoms with Crippen LogP contribution in [0.3, 0.4) is 0 Å². The van der Waals surface area contributed by atoms with E-state index >= 15 is 0 Å². The van der Waals surface area contributed by atoms with Crippen LogP contribution in [0.1, 0.15) is 30.9 Å². The van der Waals surface area contributed by atoms with Crippen molar-refractivity contribution in [3.8, 4) is 5.75 Å². The Kier molecular flexibility index (Phi) is 5.54. The van der Waals surface area contributed by atoms with E-state index in [0.717, 1.165) is 29.1 Å². The molecular formula is C23H26N4O4. The highest BCUT2D eigenvalue weighted by Gasteiger charge is 2.52. The van der Waals surface area contributed by atoms with Crippen LogP contribution < -0.4 is 20.4 Å². The number of amides is 4. The van der Waals surface area contributed by atoms with Crippen molar-refractivity contribution in [1.29, 1.82) is 0 Å². The lowest BCUT2D eigenvalue weighted by atomic mass is 9.87. The Hall–Kier alpha value is -3.55. The quantitative estimate of drug-likeness (QED) is 0.698. The van der Waals surface area contributed by atoms with Crippen molar-refractivity contribution in [2.75, 3.05) is 25.1 Å². The third kappa shape index (κ3) is 3.58.